The summed E-state index contributed by atoms with van der Waals surface area (Å²) in [6.07, 6.45) is 5.49. The van der Waals surface area contributed by atoms with Crippen LogP contribution in [0.3, 0.4) is 0 Å². The minimum Gasteiger partial charge on any atom is -0.308 e. The average molecular weight is 303 g/mol. The highest BCUT2D eigenvalue weighted by Gasteiger charge is 2.13. The van der Waals surface area contributed by atoms with Crippen molar-refractivity contribution in [3.8, 4) is 0 Å². The first-order valence-electron chi connectivity index (χ1n) is 7.93. The highest BCUT2D eigenvalue weighted by atomic mass is 32.1. The second kappa shape index (κ2) is 8.90. The van der Waals surface area contributed by atoms with E-state index in [4.69, 9.17) is 0 Å². The molecule has 114 valence electrons. The van der Waals surface area contributed by atoms with E-state index in [1.165, 1.54) is 5.56 Å². The molecule has 1 atom stereocenters. The van der Waals surface area contributed by atoms with Crippen molar-refractivity contribution in [3.63, 3.8) is 0 Å². The molecule has 0 saturated carbocycles. The van der Waals surface area contributed by atoms with Crippen LogP contribution in [0.15, 0.2) is 30.3 Å². The van der Waals surface area contributed by atoms with Gasteiger partial charge in [0, 0.05) is 6.42 Å². The number of rotatable bonds is 9. The zero-order valence-electron chi connectivity index (χ0n) is 13.0. The lowest BCUT2D eigenvalue weighted by Crippen LogP contribution is -2.21. The van der Waals surface area contributed by atoms with E-state index in [0.717, 1.165) is 48.7 Å². The number of nitrogens with zero attached hydrogens (tertiary/aromatic N) is 2. The maximum Gasteiger partial charge on any atom is 0.134 e. The van der Waals surface area contributed by atoms with Gasteiger partial charge < -0.3 is 5.32 Å². The standard InChI is InChI=1S/C17H25N3S/c1-3-13-18-15(4-2)17-20-19-16(21-17)12-8-11-14-9-6-5-7-10-14/h5-7,9-10,15,18H,3-4,8,11-13H2,1-2H3. The topological polar surface area (TPSA) is 37.8 Å². The highest BCUT2D eigenvalue weighted by molar-refractivity contribution is 7.11. The summed E-state index contributed by atoms with van der Waals surface area (Å²) in [5.74, 6) is 0. The fraction of sp³-hybridized carbons (Fsp3) is 0.529. The molecule has 21 heavy (non-hydrogen) atoms. The Bertz CT molecular complexity index is 510. The molecule has 4 heteroatoms. The van der Waals surface area contributed by atoms with E-state index in [-0.39, 0.29) is 0 Å². The van der Waals surface area contributed by atoms with Crippen LogP contribution in [0.2, 0.25) is 0 Å². The van der Waals surface area contributed by atoms with Gasteiger partial charge in [0.15, 0.2) is 0 Å². The Morgan fingerprint density at radius 3 is 2.62 bits per heavy atom. The van der Waals surface area contributed by atoms with Gasteiger partial charge in [0.1, 0.15) is 10.0 Å². The summed E-state index contributed by atoms with van der Waals surface area (Å²) in [5.41, 5.74) is 1.40. The molecule has 1 heterocycles. The SMILES string of the molecule is CCCNC(CC)c1nnc(CCCc2ccccc2)s1. The molecule has 1 unspecified atom stereocenters. The summed E-state index contributed by atoms with van der Waals surface area (Å²) >= 11 is 1.77. The molecular formula is C17H25N3S. The molecule has 0 bridgehead atoms. The third-order valence-electron chi connectivity index (χ3n) is 3.53. The zero-order valence-corrected chi connectivity index (χ0v) is 13.8. The smallest absolute Gasteiger partial charge is 0.134 e. The largest absolute Gasteiger partial charge is 0.308 e. The van der Waals surface area contributed by atoms with Crippen molar-refractivity contribution in [2.24, 2.45) is 0 Å². The molecule has 2 rings (SSSR count). The second-order valence-electron chi connectivity index (χ2n) is 5.29. The number of aryl methyl sites for hydroxylation is 2. The van der Waals surface area contributed by atoms with Gasteiger partial charge in [-0.15, -0.1) is 10.2 Å². The Labute approximate surface area is 131 Å². The van der Waals surface area contributed by atoms with E-state index >= 15 is 0 Å². The van der Waals surface area contributed by atoms with Crippen molar-refractivity contribution in [2.75, 3.05) is 6.54 Å². The maximum absolute atomic E-state index is 4.37. The molecule has 3 nitrogen and oxygen atoms in total. The summed E-state index contributed by atoms with van der Waals surface area (Å²) in [7, 11) is 0. The molecule has 2 aromatic rings. The quantitative estimate of drug-likeness (QED) is 0.755. The first-order chi connectivity index (χ1) is 10.3. The maximum atomic E-state index is 4.37. The molecule has 1 aromatic heterocycles. The first kappa shape index (κ1) is 16.1. The van der Waals surface area contributed by atoms with Crippen LogP contribution < -0.4 is 5.32 Å². The van der Waals surface area contributed by atoms with E-state index in [1.54, 1.807) is 11.3 Å². The molecular weight excluding hydrogens is 278 g/mol. The summed E-state index contributed by atoms with van der Waals surface area (Å²) in [4.78, 5) is 0. The molecule has 0 saturated heterocycles. The van der Waals surface area contributed by atoms with Crippen molar-refractivity contribution >= 4 is 11.3 Å². The predicted molar refractivity (Wildman–Crippen MR) is 89.7 cm³/mol. The van der Waals surface area contributed by atoms with Gasteiger partial charge in [-0.25, -0.2) is 0 Å². The van der Waals surface area contributed by atoms with Gasteiger partial charge in [0.25, 0.3) is 0 Å². The minimum atomic E-state index is 0.366. The van der Waals surface area contributed by atoms with Gasteiger partial charge in [-0.3, -0.25) is 0 Å². The van der Waals surface area contributed by atoms with Crippen molar-refractivity contribution in [1.82, 2.24) is 15.5 Å². The van der Waals surface area contributed by atoms with Crippen molar-refractivity contribution in [3.05, 3.63) is 45.9 Å². The Morgan fingerprint density at radius 2 is 1.90 bits per heavy atom. The van der Waals surface area contributed by atoms with Gasteiger partial charge in [0.05, 0.1) is 6.04 Å². The van der Waals surface area contributed by atoms with Gasteiger partial charge in [-0.1, -0.05) is 55.5 Å². The van der Waals surface area contributed by atoms with Crippen LogP contribution in [0, 0.1) is 0 Å². The predicted octanol–water partition coefficient (Wildman–Crippen LogP) is 4.16. The number of nitrogens with one attached hydrogen (secondary N) is 1. The van der Waals surface area contributed by atoms with E-state index < -0.39 is 0 Å². The Morgan fingerprint density at radius 1 is 1.10 bits per heavy atom. The molecule has 0 aliphatic rings. The lowest BCUT2D eigenvalue weighted by Gasteiger charge is -2.12. The lowest BCUT2D eigenvalue weighted by atomic mass is 10.1. The second-order valence-corrected chi connectivity index (χ2v) is 6.38. The third kappa shape index (κ3) is 5.21. The number of benzene rings is 1. The molecule has 1 aromatic carbocycles. The van der Waals surface area contributed by atoms with Gasteiger partial charge in [0.2, 0.25) is 0 Å². The minimum absolute atomic E-state index is 0.366. The fourth-order valence-electron chi connectivity index (χ4n) is 2.32. The van der Waals surface area contributed by atoms with Crippen LogP contribution in [0.4, 0.5) is 0 Å². The Kier molecular flexibility index (Phi) is 6.83. The zero-order chi connectivity index (χ0) is 14.9. The first-order valence-corrected chi connectivity index (χ1v) is 8.74. The Hall–Kier alpha value is -1.26. The van der Waals surface area contributed by atoms with Crippen LogP contribution in [-0.4, -0.2) is 16.7 Å². The molecule has 0 amide bonds. The van der Waals surface area contributed by atoms with Crippen LogP contribution in [-0.2, 0) is 12.8 Å². The molecule has 0 aliphatic carbocycles. The summed E-state index contributed by atoms with van der Waals surface area (Å²) in [6, 6.07) is 11.0. The molecule has 1 N–H and O–H groups in total. The molecule has 0 aliphatic heterocycles. The number of hydrogen-bond donors (Lipinski definition) is 1. The average Bonchev–Trinajstić information content (AvgIpc) is 2.98. The monoisotopic (exact) mass is 303 g/mol. The fourth-order valence-corrected chi connectivity index (χ4v) is 3.37. The van der Waals surface area contributed by atoms with Crippen LogP contribution >= 0.6 is 11.3 Å². The summed E-state index contributed by atoms with van der Waals surface area (Å²) < 4.78 is 0. The number of hydrogen-bond acceptors (Lipinski definition) is 4. The highest BCUT2D eigenvalue weighted by Crippen LogP contribution is 2.22. The number of aromatic nitrogens is 2. The van der Waals surface area contributed by atoms with Crippen molar-refractivity contribution in [1.29, 1.82) is 0 Å². The van der Waals surface area contributed by atoms with E-state index in [2.05, 4.69) is 59.7 Å². The van der Waals surface area contributed by atoms with Gasteiger partial charge in [-0.2, -0.15) is 0 Å². The van der Waals surface area contributed by atoms with E-state index in [0.29, 0.717) is 6.04 Å². The van der Waals surface area contributed by atoms with Crippen molar-refractivity contribution < 1.29 is 0 Å². The molecule has 0 spiro atoms. The van der Waals surface area contributed by atoms with Crippen LogP contribution in [0.1, 0.15) is 54.7 Å². The van der Waals surface area contributed by atoms with E-state index in [1.807, 2.05) is 0 Å². The van der Waals surface area contributed by atoms with Crippen molar-refractivity contribution in [2.45, 2.75) is 52.0 Å². The van der Waals surface area contributed by atoms with Crippen LogP contribution in [0.5, 0.6) is 0 Å². The Balaban J connectivity index is 1.82. The summed E-state index contributed by atoms with van der Waals surface area (Å²) in [5, 5.41) is 14.6. The van der Waals surface area contributed by atoms with E-state index in [9.17, 15) is 0 Å². The normalized spacial score (nSPS) is 12.5. The molecule has 0 fully saturated rings. The third-order valence-corrected chi connectivity index (χ3v) is 4.63. The lowest BCUT2D eigenvalue weighted by molar-refractivity contribution is 0.512. The van der Waals surface area contributed by atoms with Gasteiger partial charge >= 0.3 is 0 Å². The molecule has 0 radical (unpaired) electrons. The van der Waals surface area contributed by atoms with Crippen LogP contribution in [0.25, 0.3) is 0 Å². The summed E-state index contributed by atoms with van der Waals surface area (Å²) in [6.45, 7) is 5.43. The van der Waals surface area contributed by atoms with Gasteiger partial charge in [-0.05, 0) is 37.8 Å².